The molecular weight excluding hydrogens is 497 g/mol. The predicted molar refractivity (Wildman–Crippen MR) is 117 cm³/mol. The van der Waals surface area contributed by atoms with Crippen LogP contribution < -0.4 is 15.2 Å². The SMILES string of the molecule is O=C(CCOC[C@@H](CCO)Oc1cn[nH]c(=O)c1C(F)(F)F)N1CCN(c2ncc(Cl)cn2)CC1. The molecule has 0 aromatic carbocycles. The van der Waals surface area contributed by atoms with Gasteiger partial charge in [0.05, 0.1) is 43.2 Å². The number of nitrogens with one attached hydrogen (secondary N) is 1. The van der Waals surface area contributed by atoms with E-state index in [4.69, 9.17) is 21.1 Å². The van der Waals surface area contributed by atoms with E-state index in [1.807, 2.05) is 4.90 Å². The minimum absolute atomic E-state index is 0.00435. The molecule has 0 bridgehead atoms. The van der Waals surface area contributed by atoms with E-state index in [0.29, 0.717) is 37.1 Å². The largest absolute Gasteiger partial charge is 0.485 e. The Morgan fingerprint density at radius 3 is 2.51 bits per heavy atom. The molecule has 1 amide bonds. The van der Waals surface area contributed by atoms with Gasteiger partial charge < -0.3 is 24.4 Å². The molecule has 15 heteroatoms. The molecule has 1 aliphatic heterocycles. The standard InChI is InChI=1S/C20H24ClF3N6O5/c21-13-9-25-19(26-10-13)30-5-3-29(4-6-30)16(32)2-8-34-12-14(1-7-31)35-15-11-27-28-18(33)17(15)20(22,23)24/h9-11,14,31H,1-8,12H2,(H,28,33)/t14-/m1/s1. The highest BCUT2D eigenvalue weighted by Gasteiger charge is 2.38. The minimum Gasteiger partial charge on any atom is -0.485 e. The van der Waals surface area contributed by atoms with E-state index >= 15 is 0 Å². The molecule has 0 unspecified atom stereocenters. The fourth-order valence-corrected chi connectivity index (χ4v) is 3.49. The van der Waals surface area contributed by atoms with Gasteiger partial charge in [-0.25, -0.2) is 15.1 Å². The number of hydrogen-bond donors (Lipinski definition) is 2. The first-order valence-electron chi connectivity index (χ1n) is 10.7. The summed E-state index contributed by atoms with van der Waals surface area (Å²) in [4.78, 5) is 36.0. The lowest BCUT2D eigenvalue weighted by Crippen LogP contribution is -2.49. The molecule has 35 heavy (non-hydrogen) atoms. The first kappa shape index (κ1) is 26.6. The van der Waals surface area contributed by atoms with Gasteiger partial charge in [0.15, 0.2) is 11.3 Å². The number of aliphatic hydroxyl groups excluding tert-OH is 1. The van der Waals surface area contributed by atoms with E-state index in [0.717, 1.165) is 6.20 Å². The molecule has 3 heterocycles. The summed E-state index contributed by atoms with van der Waals surface area (Å²) in [6, 6.07) is 0. The number of aliphatic hydroxyl groups is 1. The summed E-state index contributed by atoms with van der Waals surface area (Å²) in [5.74, 6) is -0.370. The Labute approximate surface area is 202 Å². The average molecular weight is 521 g/mol. The highest BCUT2D eigenvalue weighted by Crippen LogP contribution is 2.33. The summed E-state index contributed by atoms with van der Waals surface area (Å²) >= 11 is 5.79. The lowest BCUT2D eigenvalue weighted by molar-refractivity contribution is -0.141. The number of ether oxygens (including phenoxy) is 2. The van der Waals surface area contributed by atoms with E-state index in [1.54, 1.807) is 10.00 Å². The van der Waals surface area contributed by atoms with Crippen LogP contribution in [-0.4, -0.2) is 88.2 Å². The maximum atomic E-state index is 13.2. The van der Waals surface area contributed by atoms with Gasteiger partial charge in [-0.2, -0.15) is 18.3 Å². The van der Waals surface area contributed by atoms with E-state index in [-0.39, 0.29) is 38.6 Å². The molecule has 0 saturated carbocycles. The van der Waals surface area contributed by atoms with Crippen molar-refractivity contribution in [3.05, 3.63) is 39.5 Å². The number of amides is 1. The molecule has 0 aliphatic carbocycles. The van der Waals surface area contributed by atoms with Crippen molar-refractivity contribution in [2.45, 2.75) is 25.1 Å². The summed E-state index contributed by atoms with van der Waals surface area (Å²) in [5, 5.41) is 14.7. The molecule has 0 spiro atoms. The number of carbonyl (C=O) groups is 1. The molecule has 1 aliphatic rings. The summed E-state index contributed by atoms with van der Waals surface area (Å²) < 4.78 is 50.3. The Morgan fingerprint density at radius 2 is 1.89 bits per heavy atom. The maximum absolute atomic E-state index is 13.2. The van der Waals surface area contributed by atoms with E-state index in [2.05, 4.69) is 15.1 Å². The molecule has 2 aromatic rings. The summed E-state index contributed by atoms with van der Waals surface area (Å²) in [6.07, 6.45) is -2.18. The van der Waals surface area contributed by atoms with Gasteiger partial charge in [0.25, 0.3) is 5.56 Å². The minimum atomic E-state index is -4.95. The van der Waals surface area contributed by atoms with Crippen LogP contribution in [0.25, 0.3) is 0 Å². The molecule has 2 N–H and O–H groups in total. The van der Waals surface area contributed by atoms with Crippen LogP contribution in [0.3, 0.4) is 0 Å². The number of halogens is 4. The van der Waals surface area contributed by atoms with Gasteiger partial charge in [-0.3, -0.25) is 9.59 Å². The molecule has 1 atom stereocenters. The summed E-state index contributed by atoms with van der Waals surface area (Å²) in [5.41, 5.74) is -2.96. The molecular formula is C20H24ClF3N6O5. The van der Waals surface area contributed by atoms with Gasteiger partial charge in [-0.15, -0.1) is 0 Å². The molecule has 11 nitrogen and oxygen atoms in total. The number of rotatable bonds is 10. The van der Waals surface area contributed by atoms with Crippen molar-refractivity contribution in [3.63, 3.8) is 0 Å². The number of aromatic amines is 1. The molecule has 1 fully saturated rings. The molecule has 2 aromatic heterocycles. The zero-order valence-corrected chi connectivity index (χ0v) is 19.3. The van der Waals surface area contributed by atoms with Crippen molar-refractivity contribution in [2.75, 3.05) is 50.9 Å². The normalized spacial score (nSPS) is 15.2. The molecule has 3 rings (SSSR count). The first-order valence-corrected chi connectivity index (χ1v) is 11.1. The number of H-pyrrole nitrogens is 1. The lowest BCUT2D eigenvalue weighted by atomic mass is 10.2. The summed E-state index contributed by atoms with van der Waals surface area (Å²) in [6.45, 7) is 1.46. The Hall–Kier alpha value is -2.97. The van der Waals surface area contributed by atoms with Crippen LogP contribution in [0.15, 0.2) is 23.4 Å². The number of aromatic nitrogens is 4. The number of hydrogen-bond acceptors (Lipinski definition) is 9. The average Bonchev–Trinajstić information content (AvgIpc) is 2.81. The van der Waals surface area contributed by atoms with Gasteiger partial charge >= 0.3 is 6.18 Å². The van der Waals surface area contributed by atoms with Crippen LogP contribution in [0.1, 0.15) is 18.4 Å². The Kier molecular flexibility index (Phi) is 9.23. The second-order valence-corrected chi connectivity index (χ2v) is 8.02. The van der Waals surface area contributed by atoms with Crippen LogP contribution in [0.4, 0.5) is 19.1 Å². The van der Waals surface area contributed by atoms with Crippen molar-refractivity contribution in [1.29, 1.82) is 0 Å². The molecule has 0 radical (unpaired) electrons. The Bertz CT molecular complexity index is 1030. The number of nitrogens with zero attached hydrogens (tertiary/aromatic N) is 5. The fraction of sp³-hybridized carbons (Fsp3) is 0.550. The second-order valence-electron chi connectivity index (χ2n) is 7.58. The van der Waals surface area contributed by atoms with Gasteiger partial charge in [-0.05, 0) is 0 Å². The number of carbonyl (C=O) groups excluding carboxylic acids is 1. The highest BCUT2D eigenvalue weighted by molar-refractivity contribution is 6.30. The highest BCUT2D eigenvalue weighted by atomic mass is 35.5. The van der Waals surface area contributed by atoms with E-state index in [9.17, 15) is 27.9 Å². The van der Waals surface area contributed by atoms with Crippen LogP contribution in [0, 0.1) is 0 Å². The third kappa shape index (κ3) is 7.50. The predicted octanol–water partition coefficient (Wildman–Crippen LogP) is 1.12. The molecule has 192 valence electrons. The monoisotopic (exact) mass is 520 g/mol. The van der Waals surface area contributed by atoms with Gasteiger partial charge in [0.1, 0.15) is 6.10 Å². The van der Waals surface area contributed by atoms with Gasteiger partial charge in [-0.1, -0.05) is 11.6 Å². The lowest BCUT2D eigenvalue weighted by Gasteiger charge is -2.34. The van der Waals surface area contributed by atoms with Crippen molar-refractivity contribution < 1.29 is 32.5 Å². The second kappa shape index (κ2) is 12.1. The van der Waals surface area contributed by atoms with Crippen molar-refractivity contribution >= 4 is 23.5 Å². The maximum Gasteiger partial charge on any atom is 0.425 e. The van der Waals surface area contributed by atoms with E-state index in [1.165, 1.54) is 12.4 Å². The third-order valence-corrected chi connectivity index (χ3v) is 5.33. The smallest absolute Gasteiger partial charge is 0.425 e. The topological polar surface area (TPSA) is 134 Å². The van der Waals surface area contributed by atoms with Gasteiger partial charge in [0, 0.05) is 39.2 Å². The van der Waals surface area contributed by atoms with Crippen LogP contribution in [0.2, 0.25) is 5.02 Å². The van der Waals surface area contributed by atoms with Crippen molar-refractivity contribution in [3.8, 4) is 5.75 Å². The number of anilines is 1. The third-order valence-electron chi connectivity index (χ3n) is 5.14. The number of alkyl halides is 3. The zero-order valence-electron chi connectivity index (χ0n) is 18.5. The Morgan fingerprint density at radius 1 is 1.20 bits per heavy atom. The fourth-order valence-electron chi connectivity index (χ4n) is 3.40. The Balaban J connectivity index is 1.45. The van der Waals surface area contributed by atoms with E-state index < -0.39 is 29.2 Å². The quantitative estimate of drug-likeness (QED) is 0.442. The van der Waals surface area contributed by atoms with Crippen LogP contribution >= 0.6 is 11.6 Å². The zero-order chi connectivity index (χ0) is 25.4. The summed E-state index contributed by atoms with van der Waals surface area (Å²) in [7, 11) is 0. The van der Waals surface area contributed by atoms with Gasteiger partial charge in [0.2, 0.25) is 11.9 Å². The first-order chi connectivity index (χ1) is 16.7. The van der Waals surface area contributed by atoms with Crippen LogP contribution in [-0.2, 0) is 15.7 Å². The van der Waals surface area contributed by atoms with Crippen molar-refractivity contribution in [2.24, 2.45) is 0 Å². The molecule has 1 saturated heterocycles. The number of piperazine rings is 1. The van der Waals surface area contributed by atoms with Crippen molar-refractivity contribution in [1.82, 2.24) is 25.1 Å². The van der Waals surface area contributed by atoms with Crippen LogP contribution in [0.5, 0.6) is 5.75 Å².